The predicted molar refractivity (Wildman–Crippen MR) is 453 cm³/mol. The summed E-state index contributed by atoms with van der Waals surface area (Å²) in [6.45, 7) is 45.2. The second kappa shape index (κ2) is 28.9. The molecule has 12 heteroatoms. The van der Waals surface area contributed by atoms with Gasteiger partial charge in [0.1, 0.15) is 0 Å². The minimum atomic E-state index is -1.19. The summed E-state index contributed by atoms with van der Waals surface area (Å²) in [6.07, 6.45) is 0. The normalized spacial score (nSPS) is 20.5. The molecule has 0 amide bonds. The minimum Gasteiger partial charge on any atom is -0.399 e. The lowest BCUT2D eigenvalue weighted by atomic mass is 9.78. The maximum atomic E-state index is 8.78. The van der Waals surface area contributed by atoms with Crippen LogP contribution in [0.15, 0.2) is 242 Å². The molecule has 4 aliphatic rings. The molecule has 8 nitrogen and oxygen atoms in total. The Kier molecular flexibility index (Phi) is 15.8. The summed E-state index contributed by atoms with van der Waals surface area (Å²) in [7, 11) is -2.29. The zero-order valence-corrected chi connectivity index (χ0v) is 65.9. The van der Waals surface area contributed by atoms with Crippen molar-refractivity contribution < 1.29 is 59.2 Å². The van der Waals surface area contributed by atoms with Crippen molar-refractivity contribution >= 4 is 93.4 Å². The van der Waals surface area contributed by atoms with Crippen LogP contribution in [0.2, 0.25) is 0 Å². The molecule has 546 valence electrons. The van der Waals surface area contributed by atoms with E-state index in [1.807, 2.05) is 58.0 Å². The van der Waals surface area contributed by atoms with Crippen LogP contribution in [0.3, 0.4) is 0 Å². The van der Waals surface area contributed by atoms with Crippen molar-refractivity contribution in [3.8, 4) is 44.5 Å². The minimum absolute atomic E-state index is 0.103. The Morgan fingerprint density at radius 2 is 0.561 bits per heavy atom. The van der Waals surface area contributed by atoms with Gasteiger partial charge in [0.05, 0.1) is 66.7 Å². The fourth-order valence-corrected chi connectivity index (χ4v) is 13.3. The van der Waals surface area contributed by atoms with Gasteiger partial charge >= 0.3 is 28.5 Å². The molecular formula is C95H106B4O8. The van der Waals surface area contributed by atoms with E-state index in [1.165, 1.54) is 66.1 Å². The molecule has 0 radical (unpaired) electrons. The zero-order valence-electron chi connectivity index (χ0n) is 81.9. The van der Waals surface area contributed by atoms with Crippen molar-refractivity contribution in [2.45, 2.75) is 203 Å². The zero-order chi connectivity index (χ0) is 90.5. The van der Waals surface area contributed by atoms with E-state index in [-0.39, 0.29) is 94.1 Å². The first-order valence-electron chi connectivity index (χ1n) is 44.8. The van der Waals surface area contributed by atoms with E-state index in [9.17, 15) is 0 Å². The molecule has 4 heterocycles. The van der Waals surface area contributed by atoms with Gasteiger partial charge < -0.3 is 37.2 Å². The molecule has 12 aromatic rings. The monoisotopic (exact) mass is 1430 g/mol. The fourth-order valence-electron chi connectivity index (χ4n) is 13.3. The van der Waals surface area contributed by atoms with Gasteiger partial charge in [-0.1, -0.05) is 244 Å². The third kappa shape index (κ3) is 16.1. The van der Waals surface area contributed by atoms with Crippen LogP contribution in [0.4, 0.5) is 0 Å². The summed E-state index contributed by atoms with van der Waals surface area (Å²) in [5.41, 5.74) is 9.71. The van der Waals surface area contributed by atoms with Gasteiger partial charge in [-0.25, -0.2) is 0 Å². The third-order valence-electron chi connectivity index (χ3n) is 22.6. The molecule has 0 atom stereocenters. The molecule has 0 saturated carbocycles. The van der Waals surface area contributed by atoms with Gasteiger partial charge in [-0.3, -0.25) is 0 Å². The van der Waals surface area contributed by atoms with Crippen molar-refractivity contribution in [2.24, 2.45) is 0 Å². The summed E-state index contributed by atoms with van der Waals surface area (Å²) in [6, 6.07) is 43.3. The van der Waals surface area contributed by atoms with Crippen LogP contribution in [0.5, 0.6) is 0 Å². The van der Waals surface area contributed by atoms with Crippen LogP contribution in [0.1, 0.15) is 176 Å². The number of fused-ring (bicyclic) bond motifs is 4. The van der Waals surface area contributed by atoms with Crippen LogP contribution in [-0.2, 0) is 42.6 Å². The Morgan fingerprint density at radius 3 is 0.944 bits per heavy atom. The molecule has 4 fully saturated rings. The number of benzene rings is 12. The highest BCUT2D eigenvalue weighted by molar-refractivity contribution is 6.64. The molecule has 0 bridgehead atoms. The van der Waals surface area contributed by atoms with Crippen LogP contribution >= 0.6 is 0 Å². The lowest BCUT2D eigenvalue weighted by Crippen LogP contribution is -2.41. The molecule has 0 unspecified atom stereocenters. The molecular weight excluding hydrogens is 1310 g/mol. The van der Waals surface area contributed by atoms with E-state index in [4.69, 9.17) is 59.2 Å². The quantitative estimate of drug-likeness (QED) is 0.139. The summed E-state index contributed by atoms with van der Waals surface area (Å²) >= 11 is 0. The van der Waals surface area contributed by atoms with Crippen molar-refractivity contribution in [2.75, 3.05) is 0 Å². The molecule has 4 saturated heterocycles. The van der Waals surface area contributed by atoms with Crippen LogP contribution < -0.4 is 21.9 Å². The maximum Gasteiger partial charge on any atom is 0.494 e. The van der Waals surface area contributed by atoms with E-state index in [0.29, 0.717) is 5.56 Å². The second-order valence-corrected chi connectivity index (χ2v) is 33.7. The van der Waals surface area contributed by atoms with Crippen LogP contribution in [-0.4, -0.2) is 73.3 Å². The average Bonchev–Trinajstić information content (AvgIpc) is 1.67. The Labute approximate surface area is 661 Å². The topological polar surface area (TPSA) is 73.8 Å². The molecule has 0 aliphatic carbocycles. The van der Waals surface area contributed by atoms with Gasteiger partial charge in [-0.2, -0.15) is 0 Å². The van der Waals surface area contributed by atoms with Crippen molar-refractivity contribution in [3.63, 3.8) is 0 Å². The molecule has 4 aliphatic heterocycles. The van der Waals surface area contributed by atoms with Gasteiger partial charge in [-0.05, 0) is 287 Å². The first-order valence-corrected chi connectivity index (χ1v) is 36.8. The van der Waals surface area contributed by atoms with Crippen molar-refractivity contribution in [1.82, 2.24) is 0 Å². The van der Waals surface area contributed by atoms with E-state index in [0.717, 1.165) is 27.2 Å². The predicted octanol–water partition coefficient (Wildman–Crippen LogP) is 21.4. The summed E-state index contributed by atoms with van der Waals surface area (Å²) in [5, 5.41) is 6.18. The Balaban J connectivity index is 0.000000142. The number of aryl methyl sites for hydroxylation is 3. The smallest absolute Gasteiger partial charge is 0.399 e. The highest BCUT2D eigenvalue weighted by atomic mass is 16.7. The SMILES string of the molecule is CC(C)(C)c1ccc(-c2ccc3cc(B4OC(C)(C)C(C)(C)O4)ccc3c2)cc1.Cc1cc(C)c(-c2ccc3cc(B4OC(C)(C)C(C)(C)O4)ccc3c2)c(C)c1.[2H]c1c([2H])c([2H])c(-c2c([2H])c([2H])c3c([2H])c(B4OC(C)(C)C(C)(C)O4)c([2H])c([2H])c3c2[2H])c([2H])c1[2H].[2H]c1c([2H])c([2H])c(-c2ccc3cc(B4OC(C)(C)C(C)(C)O4)ccc3c2)c([2H])c1[2H]. The van der Waals surface area contributed by atoms with Gasteiger partial charge in [0.15, 0.2) is 0 Å². The van der Waals surface area contributed by atoms with Gasteiger partial charge in [0, 0.05) is 0 Å². The summed E-state index contributed by atoms with van der Waals surface area (Å²) in [5.74, 6) is 0. The molecule has 0 N–H and O–H groups in total. The van der Waals surface area contributed by atoms with Crippen LogP contribution in [0, 0.1) is 20.8 Å². The lowest BCUT2D eigenvalue weighted by Gasteiger charge is -2.32. The number of rotatable bonds is 8. The largest absolute Gasteiger partial charge is 0.494 e. The Bertz CT molecular complexity index is 6120. The highest BCUT2D eigenvalue weighted by Crippen LogP contribution is 2.42. The van der Waals surface area contributed by atoms with Gasteiger partial charge in [0.25, 0.3) is 0 Å². The lowest BCUT2D eigenvalue weighted by molar-refractivity contribution is 0.00578. The Hall–Kier alpha value is -8.38. The van der Waals surface area contributed by atoms with Crippen molar-refractivity contribution in [3.05, 3.63) is 265 Å². The molecule has 107 heavy (non-hydrogen) atoms. The molecule has 12 aromatic carbocycles. The fraction of sp³-hybridized carbons (Fsp3) is 0.326. The van der Waals surface area contributed by atoms with Crippen molar-refractivity contribution in [1.29, 1.82) is 0 Å². The number of hydrogen-bond donors (Lipinski definition) is 0. The van der Waals surface area contributed by atoms with E-state index >= 15 is 0 Å². The highest BCUT2D eigenvalue weighted by Gasteiger charge is 2.55. The summed E-state index contributed by atoms with van der Waals surface area (Å²) < 4.78 is 181. The van der Waals surface area contributed by atoms with E-state index < -0.39 is 114 Å². The average molecular weight is 1440 g/mol. The van der Waals surface area contributed by atoms with Gasteiger partial charge in [-0.15, -0.1) is 0 Å². The molecule has 16 rings (SSSR count). The van der Waals surface area contributed by atoms with Crippen LogP contribution in [0.25, 0.3) is 87.6 Å². The Morgan fingerprint density at radius 1 is 0.262 bits per heavy atom. The number of hydrogen-bond acceptors (Lipinski definition) is 8. The maximum absolute atomic E-state index is 8.78. The third-order valence-corrected chi connectivity index (χ3v) is 22.6. The molecule has 0 aromatic heterocycles. The second-order valence-electron chi connectivity index (χ2n) is 33.7. The van der Waals surface area contributed by atoms with E-state index in [2.05, 4.69) is 206 Å². The first kappa shape index (κ1) is 58.6. The standard InChI is InChI=1S/C26H31BO2.C25H29BO2.2C22H23BO2/c1-24(2,3)22-13-10-18(11-14-22)19-8-9-21-17-23(15-12-20(21)16-19)27-28-25(4,5)26(6,7)29-27;1-16-12-17(2)23(18(3)13-16)21-9-8-20-15-22(11-10-19(20)14-21)26-27-24(4,5)25(6,7)28-26;2*1-21(2)22(3,4)25-23(24-21)20-13-12-18-14-17(10-11-19(18)15-20)16-8-6-5-7-9-16/h8-17H,1-7H3;8-15H,1-7H3;2*5-15H,1-4H3/i;;5D,6D,7D,8D,9D,10D,11D,12D,13D,14D,15D;5D,6D,7D,8D,9D. The molecule has 0 spiro atoms. The van der Waals surface area contributed by atoms with E-state index in [1.54, 1.807) is 33.8 Å². The first-order chi connectivity index (χ1) is 56.9. The summed E-state index contributed by atoms with van der Waals surface area (Å²) in [4.78, 5) is 0. The van der Waals surface area contributed by atoms with Gasteiger partial charge in [0.2, 0.25) is 0 Å².